The van der Waals surface area contributed by atoms with Crippen LogP contribution in [0.4, 0.5) is 11.9 Å². The zero-order chi connectivity index (χ0) is 13.1. The zero-order valence-corrected chi connectivity index (χ0v) is 11.3. The Morgan fingerprint density at radius 1 is 1.11 bits per heavy atom. The first-order valence-electron chi connectivity index (χ1n) is 6.49. The molecule has 1 unspecified atom stereocenters. The molecule has 1 aromatic rings. The van der Waals surface area contributed by atoms with Crippen molar-refractivity contribution < 1.29 is 4.74 Å². The minimum atomic E-state index is 0.0539. The van der Waals surface area contributed by atoms with Gasteiger partial charge in [-0.15, -0.1) is 0 Å². The Labute approximate surface area is 108 Å². The summed E-state index contributed by atoms with van der Waals surface area (Å²) < 4.78 is 5.69. The fourth-order valence-electron chi connectivity index (χ4n) is 1.77. The summed E-state index contributed by atoms with van der Waals surface area (Å²) >= 11 is 0. The van der Waals surface area contributed by atoms with Gasteiger partial charge in [-0.2, -0.15) is 15.0 Å². The lowest BCUT2D eigenvalue weighted by Gasteiger charge is -2.19. The Kier molecular flexibility index (Phi) is 3.84. The lowest BCUT2D eigenvalue weighted by molar-refractivity contribution is 0.156. The molecule has 1 atom stereocenters. The van der Waals surface area contributed by atoms with Crippen molar-refractivity contribution in [3.63, 3.8) is 0 Å². The van der Waals surface area contributed by atoms with E-state index in [2.05, 4.69) is 33.7 Å². The summed E-state index contributed by atoms with van der Waals surface area (Å²) in [4.78, 5) is 14.7. The highest BCUT2D eigenvalue weighted by Gasteiger charge is 2.18. The highest BCUT2D eigenvalue weighted by atomic mass is 16.5. The molecule has 2 heterocycles. The molecule has 0 aliphatic carbocycles. The van der Waals surface area contributed by atoms with Gasteiger partial charge in [0.25, 0.3) is 0 Å². The monoisotopic (exact) mass is 251 g/mol. The van der Waals surface area contributed by atoms with Gasteiger partial charge in [0, 0.05) is 13.1 Å². The van der Waals surface area contributed by atoms with Crippen molar-refractivity contribution in [1.82, 2.24) is 15.0 Å². The minimum absolute atomic E-state index is 0.0539. The molecule has 6 heteroatoms. The average molecular weight is 251 g/mol. The van der Waals surface area contributed by atoms with Gasteiger partial charge in [-0.3, -0.25) is 0 Å². The van der Waals surface area contributed by atoms with Gasteiger partial charge in [0.1, 0.15) is 6.10 Å². The smallest absolute Gasteiger partial charge is 0.323 e. The van der Waals surface area contributed by atoms with Crippen molar-refractivity contribution in [3.05, 3.63) is 0 Å². The van der Waals surface area contributed by atoms with E-state index in [0.29, 0.717) is 17.9 Å². The van der Waals surface area contributed by atoms with Gasteiger partial charge in [-0.05, 0) is 25.7 Å². The quantitative estimate of drug-likeness (QED) is 0.873. The first-order chi connectivity index (χ1) is 8.56. The summed E-state index contributed by atoms with van der Waals surface area (Å²) in [5.74, 6) is 1.25. The van der Waals surface area contributed by atoms with Crippen LogP contribution < -0.4 is 15.4 Å². The van der Waals surface area contributed by atoms with E-state index in [4.69, 9.17) is 10.5 Å². The SMILES string of the molecule is CC(C)C(C)Oc1nc(N)nc(N2CCCC2)n1. The van der Waals surface area contributed by atoms with Crippen LogP contribution in [0.15, 0.2) is 0 Å². The molecular weight excluding hydrogens is 230 g/mol. The van der Waals surface area contributed by atoms with Crippen LogP contribution in [0.25, 0.3) is 0 Å². The molecule has 0 spiro atoms. The highest BCUT2D eigenvalue weighted by molar-refractivity contribution is 5.36. The number of rotatable bonds is 4. The van der Waals surface area contributed by atoms with E-state index >= 15 is 0 Å². The third kappa shape index (κ3) is 3.00. The first-order valence-corrected chi connectivity index (χ1v) is 6.49. The van der Waals surface area contributed by atoms with Crippen LogP contribution in [-0.2, 0) is 0 Å². The maximum absolute atomic E-state index is 5.71. The number of nitrogens with two attached hydrogens (primary N) is 1. The Hall–Kier alpha value is -1.59. The van der Waals surface area contributed by atoms with Crippen LogP contribution in [-0.4, -0.2) is 34.1 Å². The van der Waals surface area contributed by atoms with Crippen molar-refractivity contribution in [2.75, 3.05) is 23.7 Å². The second-order valence-electron chi connectivity index (χ2n) is 5.04. The molecule has 0 radical (unpaired) electrons. The summed E-state index contributed by atoms with van der Waals surface area (Å²) in [5.41, 5.74) is 5.71. The lowest BCUT2D eigenvalue weighted by atomic mass is 10.1. The van der Waals surface area contributed by atoms with E-state index in [9.17, 15) is 0 Å². The summed E-state index contributed by atoms with van der Waals surface area (Å²) in [7, 11) is 0. The molecule has 0 saturated carbocycles. The average Bonchev–Trinajstić information content (AvgIpc) is 2.81. The van der Waals surface area contributed by atoms with Crippen molar-refractivity contribution in [2.45, 2.75) is 39.7 Å². The Morgan fingerprint density at radius 3 is 2.39 bits per heavy atom. The molecule has 6 nitrogen and oxygen atoms in total. The van der Waals surface area contributed by atoms with Crippen LogP contribution in [0.1, 0.15) is 33.6 Å². The summed E-state index contributed by atoms with van der Waals surface area (Å²) in [6, 6.07) is 0.325. The Morgan fingerprint density at radius 2 is 1.78 bits per heavy atom. The fraction of sp³-hybridized carbons (Fsp3) is 0.750. The van der Waals surface area contributed by atoms with Gasteiger partial charge in [0.2, 0.25) is 11.9 Å². The molecule has 0 aromatic carbocycles. The Bertz CT molecular complexity index is 403. The maximum Gasteiger partial charge on any atom is 0.323 e. The first kappa shape index (κ1) is 12.9. The van der Waals surface area contributed by atoms with E-state index < -0.39 is 0 Å². The van der Waals surface area contributed by atoms with Gasteiger partial charge in [0.05, 0.1) is 0 Å². The van der Waals surface area contributed by atoms with Crippen LogP contribution in [0.2, 0.25) is 0 Å². The number of nitrogens with zero attached hydrogens (tertiary/aromatic N) is 4. The van der Waals surface area contributed by atoms with Crippen LogP contribution in [0.3, 0.4) is 0 Å². The maximum atomic E-state index is 5.71. The van der Waals surface area contributed by atoms with Crippen molar-refractivity contribution >= 4 is 11.9 Å². The van der Waals surface area contributed by atoms with Crippen LogP contribution >= 0.6 is 0 Å². The normalized spacial score (nSPS) is 17.2. The molecule has 1 aliphatic heterocycles. The van der Waals surface area contributed by atoms with Crippen molar-refractivity contribution in [3.8, 4) is 6.01 Å². The predicted octanol–water partition coefficient (Wildman–Crippen LogP) is 1.48. The number of anilines is 2. The van der Waals surface area contributed by atoms with E-state index in [1.165, 1.54) is 12.8 Å². The molecule has 1 fully saturated rings. The van der Waals surface area contributed by atoms with Crippen LogP contribution in [0, 0.1) is 5.92 Å². The van der Waals surface area contributed by atoms with Gasteiger partial charge in [-0.1, -0.05) is 13.8 Å². The zero-order valence-electron chi connectivity index (χ0n) is 11.3. The molecule has 0 amide bonds. The van der Waals surface area contributed by atoms with E-state index in [1.54, 1.807) is 0 Å². The highest BCUT2D eigenvalue weighted by Crippen LogP contribution is 2.19. The van der Waals surface area contributed by atoms with E-state index in [1.807, 2.05) is 6.92 Å². The van der Waals surface area contributed by atoms with E-state index in [0.717, 1.165) is 13.1 Å². The molecular formula is C12H21N5O. The number of aromatic nitrogens is 3. The molecule has 1 aliphatic rings. The molecule has 0 bridgehead atoms. The predicted molar refractivity (Wildman–Crippen MR) is 70.6 cm³/mol. The van der Waals surface area contributed by atoms with Crippen LogP contribution in [0.5, 0.6) is 6.01 Å². The van der Waals surface area contributed by atoms with Crippen molar-refractivity contribution in [1.29, 1.82) is 0 Å². The van der Waals surface area contributed by atoms with Gasteiger partial charge >= 0.3 is 6.01 Å². The number of hydrogen-bond acceptors (Lipinski definition) is 6. The van der Waals surface area contributed by atoms with Gasteiger partial charge < -0.3 is 15.4 Å². The second-order valence-corrected chi connectivity index (χ2v) is 5.04. The number of hydrogen-bond donors (Lipinski definition) is 1. The molecule has 100 valence electrons. The summed E-state index contributed by atoms with van der Waals surface area (Å²) in [6.07, 6.45) is 2.40. The fourth-order valence-corrected chi connectivity index (χ4v) is 1.77. The van der Waals surface area contributed by atoms with Gasteiger partial charge in [0.15, 0.2) is 0 Å². The third-order valence-electron chi connectivity index (χ3n) is 3.24. The number of ether oxygens (including phenoxy) is 1. The summed E-state index contributed by atoms with van der Waals surface area (Å²) in [5, 5.41) is 0. The standard InChI is InChI=1S/C12H21N5O/c1-8(2)9(3)18-12-15-10(13)14-11(16-12)17-6-4-5-7-17/h8-9H,4-7H2,1-3H3,(H2,13,14,15,16). The molecule has 1 aromatic heterocycles. The molecule has 2 N–H and O–H groups in total. The Balaban J connectivity index is 2.15. The largest absolute Gasteiger partial charge is 0.460 e. The number of nitrogen functional groups attached to an aromatic ring is 1. The third-order valence-corrected chi connectivity index (χ3v) is 3.24. The van der Waals surface area contributed by atoms with Gasteiger partial charge in [-0.25, -0.2) is 0 Å². The second kappa shape index (κ2) is 5.37. The lowest BCUT2D eigenvalue weighted by Crippen LogP contribution is -2.24. The van der Waals surface area contributed by atoms with E-state index in [-0.39, 0.29) is 12.1 Å². The topological polar surface area (TPSA) is 77.2 Å². The molecule has 18 heavy (non-hydrogen) atoms. The van der Waals surface area contributed by atoms with Crippen molar-refractivity contribution in [2.24, 2.45) is 5.92 Å². The molecule has 1 saturated heterocycles. The minimum Gasteiger partial charge on any atom is -0.460 e. The molecule has 2 rings (SSSR count). The summed E-state index contributed by atoms with van der Waals surface area (Å²) in [6.45, 7) is 8.14.